The fourth-order valence-electron chi connectivity index (χ4n) is 1.72. The predicted molar refractivity (Wildman–Crippen MR) is 72.9 cm³/mol. The van der Waals surface area contributed by atoms with Crippen molar-refractivity contribution in [3.05, 3.63) is 24.0 Å². The number of hydrogen-bond acceptors (Lipinski definition) is 2. The fourth-order valence-corrected chi connectivity index (χ4v) is 2.05. The lowest BCUT2D eigenvalue weighted by atomic mass is 10.1. The van der Waals surface area contributed by atoms with Gasteiger partial charge in [0, 0.05) is 11.6 Å². The van der Waals surface area contributed by atoms with Crippen molar-refractivity contribution in [1.82, 2.24) is 4.98 Å². The minimum absolute atomic E-state index is 0.188. The van der Waals surface area contributed by atoms with Crippen LogP contribution in [0.25, 0.3) is 0 Å². The van der Waals surface area contributed by atoms with Crippen molar-refractivity contribution in [3.63, 3.8) is 0 Å². The van der Waals surface area contributed by atoms with Crippen LogP contribution in [-0.4, -0.2) is 16.5 Å². The monoisotopic (exact) mass is 255 g/mol. The number of nitrogens with zero attached hydrogens (tertiary/aromatic N) is 1. The molecule has 0 aliphatic carbocycles. The van der Waals surface area contributed by atoms with Gasteiger partial charge in [-0.25, -0.2) is 0 Å². The molecule has 0 aromatic carbocycles. The first kappa shape index (κ1) is 14.3. The number of ether oxygens (including phenoxy) is 1. The Labute approximate surface area is 109 Å². The fraction of sp³-hybridized carbons (Fsp3) is 0.643. The number of aryl methyl sites for hydroxylation is 1. The van der Waals surface area contributed by atoms with Crippen LogP contribution in [0.5, 0.6) is 5.75 Å². The third-order valence-corrected chi connectivity index (χ3v) is 2.93. The van der Waals surface area contributed by atoms with E-state index in [4.69, 9.17) is 16.3 Å². The first-order valence-corrected chi connectivity index (χ1v) is 6.80. The van der Waals surface area contributed by atoms with Gasteiger partial charge in [0.05, 0.1) is 12.3 Å². The van der Waals surface area contributed by atoms with Gasteiger partial charge in [-0.1, -0.05) is 13.3 Å². The van der Waals surface area contributed by atoms with Gasteiger partial charge in [-0.3, -0.25) is 4.98 Å². The molecule has 0 N–H and O–H groups in total. The van der Waals surface area contributed by atoms with Crippen LogP contribution in [0.4, 0.5) is 0 Å². The first-order chi connectivity index (χ1) is 8.11. The summed E-state index contributed by atoms with van der Waals surface area (Å²) in [6.07, 6.45) is 8.03. The molecule has 0 saturated heterocycles. The van der Waals surface area contributed by atoms with E-state index in [9.17, 15) is 0 Å². The van der Waals surface area contributed by atoms with E-state index in [1.54, 1.807) is 6.20 Å². The van der Waals surface area contributed by atoms with Crippen LogP contribution in [-0.2, 0) is 6.42 Å². The molecule has 1 aromatic rings. The molecule has 96 valence electrons. The molecule has 1 heterocycles. The average Bonchev–Trinajstić information content (AvgIpc) is 2.26. The van der Waals surface area contributed by atoms with Crippen molar-refractivity contribution >= 4 is 11.6 Å². The number of hydrogen-bond donors (Lipinski definition) is 0. The summed E-state index contributed by atoms with van der Waals surface area (Å²) in [6, 6.07) is 2.06. The Hall–Kier alpha value is -0.760. The molecule has 1 atom stereocenters. The first-order valence-electron chi connectivity index (χ1n) is 6.36. The Kier molecular flexibility index (Phi) is 6.35. The van der Waals surface area contributed by atoms with Crippen LogP contribution in [0.2, 0.25) is 0 Å². The lowest BCUT2D eigenvalue weighted by molar-refractivity contribution is 0.241. The van der Waals surface area contributed by atoms with Crippen molar-refractivity contribution in [2.75, 3.05) is 0 Å². The Bertz CT molecular complexity index is 328. The maximum Gasteiger partial charge on any atom is 0.138 e. The Morgan fingerprint density at radius 1 is 1.29 bits per heavy atom. The number of halogens is 1. The molecule has 0 bridgehead atoms. The van der Waals surface area contributed by atoms with E-state index in [-0.39, 0.29) is 11.5 Å². The Balaban J connectivity index is 2.48. The highest BCUT2D eigenvalue weighted by Gasteiger charge is 2.05. The van der Waals surface area contributed by atoms with E-state index in [1.165, 1.54) is 5.56 Å². The topological polar surface area (TPSA) is 22.1 Å². The third kappa shape index (κ3) is 5.92. The van der Waals surface area contributed by atoms with Gasteiger partial charge in [0.25, 0.3) is 0 Å². The Morgan fingerprint density at radius 2 is 2.06 bits per heavy atom. The highest BCUT2D eigenvalue weighted by atomic mass is 35.5. The summed E-state index contributed by atoms with van der Waals surface area (Å²) < 4.78 is 5.61. The van der Waals surface area contributed by atoms with Gasteiger partial charge < -0.3 is 4.74 Å². The molecule has 17 heavy (non-hydrogen) atoms. The minimum atomic E-state index is 0.188. The smallest absolute Gasteiger partial charge is 0.138 e. The third-order valence-electron chi connectivity index (χ3n) is 2.49. The number of alkyl halides is 1. The molecule has 1 aromatic heterocycles. The molecule has 2 nitrogen and oxygen atoms in total. The molecule has 0 amide bonds. The second kappa shape index (κ2) is 7.54. The molecule has 0 saturated carbocycles. The van der Waals surface area contributed by atoms with Gasteiger partial charge in [0.2, 0.25) is 0 Å². The summed E-state index contributed by atoms with van der Waals surface area (Å²) in [5.74, 6) is 0.846. The zero-order valence-electron chi connectivity index (χ0n) is 10.9. The molecule has 0 fully saturated rings. The minimum Gasteiger partial charge on any atom is -0.489 e. The maximum atomic E-state index is 6.20. The van der Waals surface area contributed by atoms with Gasteiger partial charge in [-0.15, -0.1) is 11.6 Å². The van der Waals surface area contributed by atoms with Crippen molar-refractivity contribution in [2.45, 2.75) is 57.9 Å². The van der Waals surface area contributed by atoms with Crippen molar-refractivity contribution in [1.29, 1.82) is 0 Å². The zero-order valence-corrected chi connectivity index (χ0v) is 11.7. The largest absolute Gasteiger partial charge is 0.489 e. The van der Waals surface area contributed by atoms with Crippen LogP contribution in [0, 0.1) is 0 Å². The van der Waals surface area contributed by atoms with Crippen LogP contribution in [0.3, 0.4) is 0 Å². The van der Waals surface area contributed by atoms with Crippen LogP contribution >= 0.6 is 11.6 Å². The average molecular weight is 256 g/mol. The van der Waals surface area contributed by atoms with E-state index in [2.05, 4.69) is 18.0 Å². The van der Waals surface area contributed by atoms with Gasteiger partial charge >= 0.3 is 0 Å². The zero-order chi connectivity index (χ0) is 12.7. The molecular weight excluding hydrogens is 234 g/mol. The maximum absolute atomic E-state index is 6.20. The molecule has 1 rings (SSSR count). The molecular formula is C14H22ClNO. The molecule has 0 spiro atoms. The van der Waals surface area contributed by atoms with Crippen molar-refractivity contribution in [3.8, 4) is 5.75 Å². The highest BCUT2D eigenvalue weighted by Crippen LogP contribution is 2.17. The molecule has 0 aliphatic rings. The second-order valence-electron chi connectivity index (χ2n) is 4.62. The lowest BCUT2D eigenvalue weighted by Gasteiger charge is -2.11. The van der Waals surface area contributed by atoms with E-state index < -0.39 is 0 Å². The summed E-state index contributed by atoms with van der Waals surface area (Å²) in [6.45, 7) is 6.19. The Morgan fingerprint density at radius 3 is 2.71 bits per heavy atom. The normalized spacial score (nSPS) is 12.8. The van der Waals surface area contributed by atoms with E-state index >= 15 is 0 Å². The number of aromatic nitrogens is 1. The lowest BCUT2D eigenvalue weighted by Crippen LogP contribution is -2.06. The summed E-state index contributed by atoms with van der Waals surface area (Å²) in [4.78, 5) is 4.19. The summed E-state index contributed by atoms with van der Waals surface area (Å²) in [5.41, 5.74) is 1.20. The molecule has 3 heteroatoms. The molecule has 0 radical (unpaired) electrons. The summed E-state index contributed by atoms with van der Waals surface area (Å²) in [5, 5.41) is 0.273. The van der Waals surface area contributed by atoms with Gasteiger partial charge in [-0.2, -0.15) is 0 Å². The number of rotatable bonds is 7. The highest BCUT2D eigenvalue weighted by molar-refractivity contribution is 6.20. The SMILES string of the molecule is CCCC(Cl)CCc1cncc(OC(C)C)c1. The quantitative estimate of drug-likeness (QED) is 0.681. The summed E-state index contributed by atoms with van der Waals surface area (Å²) in [7, 11) is 0. The van der Waals surface area contributed by atoms with E-state index in [0.717, 1.165) is 31.4 Å². The van der Waals surface area contributed by atoms with Gasteiger partial charge in [0.1, 0.15) is 5.75 Å². The van der Waals surface area contributed by atoms with Crippen LogP contribution < -0.4 is 4.74 Å². The standard InChI is InChI=1S/C14H22ClNO/c1-4-5-13(15)7-6-12-8-14(10-16-9-12)17-11(2)3/h8-11,13H,4-7H2,1-3H3. The predicted octanol–water partition coefficient (Wildman–Crippen LogP) is 4.21. The van der Waals surface area contributed by atoms with E-state index in [0.29, 0.717) is 0 Å². The van der Waals surface area contributed by atoms with Crippen LogP contribution in [0.1, 0.15) is 45.6 Å². The van der Waals surface area contributed by atoms with E-state index in [1.807, 2.05) is 20.0 Å². The molecule has 1 unspecified atom stereocenters. The van der Waals surface area contributed by atoms with Crippen molar-refractivity contribution in [2.24, 2.45) is 0 Å². The summed E-state index contributed by atoms with van der Waals surface area (Å²) >= 11 is 6.20. The van der Waals surface area contributed by atoms with Gasteiger partial charge in [0.15, 0.2) is 0 Å². The number of pyridine rings is 1. The van der Waals surface area contributed by atoms with Crippen molar-refractivity contribution < 1.29 is 4.74 Å². The van der Waals surface area contributed by atoms with Crippen LogP contribution in [0.15, 0.2) is 18.5 Å². The second-order valence-corrected chi connectivity index (χ2v) is 5.24. The molecule has 0 aliphatic heterocycles. The van der Waals surface area contributed by atoms with Gasteiger partial charge in [-0.05, 0) is 44.7 Å².